The van der Waals surface area contributed by atoms with Crippen molar-refractivity contribution in [1.82, 2.24) is 14.8 Å². The fourth-order valence-electron chi connectivity index (χ4n) is 2.14. The zero-order valence-electron chi connectivity index (χ0n) is 9.40. The lowest BCUT2D eigenvalue weighted by atomic mass is 9.92. The molecule has 1 aromatic heterocycles. The number of hydrogen-bond donors (Lipinski definition) is 1. The third kappa shape index (κ3) is 1.64. The molecule has 16 heavy (non-hydrogen) atoms. The summed E-state index contributed by atoms with van der Waals surface area (Å²) in [5, 5.41) is 6.28. The van der Waals surface area contributed by atoms with Gasteiger partial charge < -0.3 is 4.74 Å². The van der Waals surface area contributed by atoms with Gasteiger partial charge in [0, 0.05) is 6.42 Å². The molecule has 1 aliphatic heterocycles. The first-order valence-electron chi connectivity index (χ1n) is 5.47. The van der Waals surface area contributed by atoms with Crippen molar-refractivity contribution >= 4 is 5.97 Å². The van der Waals surface area contributed by atoms with Gasteiger partial charge in [-0.25, -0.2) is 14.7 Å². The Morgan fingerprint density at radius 2 is 2.44 bits per heavy atom. The van der Waals surface area contributed by atoms with Gasteiger partial charge in [0.1, 0.15) is 11.9 Å². The van der Waals surface area contributed by atoms with E-state index in [0.717, 1.165) is 12.8 Å². The molecule has 6 heteroatoms. The molecule has 0 saturated carbocycles. The summed E-state index contributed by atoms with van der Waals surface area (Å²) in [6.45, 7) is 4.03. The van der Waals surface area contributed by atoms with Crippen molar-refractivity contribution in [3.8, 4) is 0 Å². The topological polar surface area (TPSA) is 77.0 Å². The predicted octanol–water partition coefficient (Wildman–Crippen LogP) is 0.258. The molecule has 1 N–H and O–H groups in total. The number of hydrogen-bond acceptors (Lipinski definition) is 4. The molecular weight excluding hydrogens is 210 g/mol. The first kappa shape index (κ1) is 10.9. The summed E-state index contributed by atoms with van der Waals surface area (Å²) < 4.78 is 6.42. The van der Waals surface area contributed by atoms with Gasteiger partial charge in [-0.15, -0.1) is 0 Å². The second-order valence-electron chi connectivity index (χ2n) is 4.03. The van der Waals surface area contributed by atoms with Gasteiger partial charge in [-0.2, -0.15) is 5.10 Å². The van der Waals surface area contributed by atoms with E-state index in [0.29, 0.717) is 12.4 Å². The minimum atomic E-state index is -0.532. The Morgan fingerprint density at radius 3 is 3.12 bits per heavy atom. The van der Waals surface area contributed by atoms with E-state index in [-0.39, 0.29) is 17.6 Å². The molecule has 0 fully saturated rings. The van der Waals surface area contributed by atoms with Crippen molar-refractivity contribution in [2.24, 2.45) is 5.92 Å². The molecule has 0 spiro atoms. The van der Waals surface area contributed by atoms with E-state index in [1.54, 1.807) is 6.92 Å². The number of nitrogens with one attached hydrogen (secondary N) is 1. The Labute approximate surface area is 92.6 Å². The van der Waals surface area contributed by atoms with Crippen molar-refractivity contribution in [2.45, 2.75) is 32.7 Å². The molecule has 2 rings (SSSR count). The Bertz CT molecular complexity index is 448. The molecule has 1 aromatic rings. The van der Waals surface area contributed by atoms with Gasteiger partial charge >= 0.3 is 11.7 Å². The number of rotatable bonds is 2. The minimum absolute atomic E-state index is 0.0989. The van der Waals surface area contributed by atoms with E-state index >= 15 is 0 Å². The molecule has 1 aliphatic rings. The fourth-order valence-corrected chi connectivity index (χ4v) is 2.14. The second kappa shape index (κ2) is 4.11. The summed E-state index contributed by atoms with van der Waals surface area (Å²) in [6, 6.07) is -0.532. The summed E-state index contributed by atoms with van der Waals surface area (Å²) in [6.07, 6.45) is 1.56. The number of fused-ring (bicyclic) bond motifs is 1. The van der Waals surface area contributed by atoms with Gasteiger partial charge in [0.05, 0.1) is 6.61 Å². The number of ether oxygens (including phenoxy) is 1. The van der Waals surface area contributed by atoms with Gasteiger partial charge in [-0.3, -0.25) is 4.57 Å². The highest BCUT2D eigenvalue weighted by atomic mass is 16.5. The van der Waals surface area contributed by atoms with Crippen LogP contribution in [0.15, 0.2) is 4.79 Å². The molecule has 0 aromatic carbocycles. The van der Waals surface area contributed by atoms with Gasteiger partial charge in [0.2, 0.25) is 0 Å². The smallest absolute Gasteiger partial charge is 0.344 e. The molecule has 6 nitrogen and oxygen atoms in total. The van der Waals surface area contributed by atoms with Crippen molar-refractivity contribution in [1.29, 1.82) is 0 Å². The van der Waals surface area contributed by atoms with Crippen LogP contribution < -0.4 is 5.69 Å². The van der Waals surface area contributed by atoms with E-state index in [9.17, 15) is 9.59 Å². The van der Waals surface area contributed by atoms with Crippen LogP contribution in [0.5, 0.6) is 0 Å². The first-order valence-corrected chi connectivity index (χ1v) is 5.47. The number of nitrogens with zero attached hydrogens (tertiary/aromatic N) is 2. The lowest BCUT2D eigenvalue weighted by Crippen LogP contribution is -2.38. The standard InChI is InChI=1S/C10H15N3O3/c1-3-16-9(14)8-6(2)4-5-7-11-12-10(15)13(7)8/h6,8H,3-5H2,1-2H3,(H,12,15)/t6-,8-/m1/s1. The fraction of sp³-hybridized carbons (Fsp3) is 0.700. The van der Waals surface area contributed by atoms with E-state index in [4.69, 9.17) is 4.74 Å². The third-order valence-electron chi connectivity index (χ3n) is 2.95. The van der Waals surface area contributed by atoms with Crippen LogP contribution in [0.2, 0.25) is 0 Å². The van der Waals surface area contributed by atoms with E-state index in [2.05, 4.69) is 10.2 Å². The lowest BCUT2D eigenvalue weighted by Gasteiger charge is -2.27. The molecular formula is C10H15N3O3. The average Bonchev–Trinajstić information content (AvgIpc) is 2.61. The third-order valence-corrected chi connectivity index (χ3v) is 2.95. The zero-order chi connectivity index (χ0) is 11.7. The molecule has 0 bridgehead atoms. The highest BCUT2D eigenvalue weighted by molar-refractivity contribution is 5.74. The molecule has 0 amide bonds. The largest absolute Gasteiger partial charge is 0.464 e. The lowest BCUT2D eigenvalue weighted by molar-refractivity contribution is -0.149. The minimum Gasteiger partial charge on any atom is -0.464 e. The molecule has 2 heterocycles. The van der Waals surface area contributed by atoms with Gasteiger partial charge in [-0.05, 0) is 19.3 Å². The number of esters is 1. The summed E-state index contributed by atoms with van der Waals surface area (Å²) in [4.78, 5) is 23.4. The highest BCUT2D eigenvalue weighted by Gasteiger charge is 2.35. The van der Waals surface area contributed by atoms with E-state index in [1.807, 2.05) is 6.92 Å². The summed E-state index contributed by atoms with van der Waals surface area (Å²) >= 11 is 0. The molecule has 0 aliphatic carbocycles. The maximum Gasteiger partial charge on any atom is 0.344 e. The summed E-state index contributed by atoms with van der Waals surface area (Å²) in [7, 11) is 0. The average molecular weight is 225 g/mol. The predicted molar refractivity (Wildman–Crippen MR) is 56.0 cm³/mol. The van der Waals surface area contributed by atoms with Gasteiger partial charge in [0.25, 0.3) is 0 Å². The van der Waals surface area contributed by atoms with Crippen LogP contribution in [0.4, 0.5) is 0 Å². The molecule has 2 atom stereocenters. The van der Waals surface area contributed by atoms with Crippen LogP contribution >= 0.6 is 0 Å². The van der Waals surface area contributed by atoms with Crippen LogP contribution in [-0.2, 0) is 16.0 Å². The van der Waals surface area contributed by atoms with Crippen molar-refractivity contribution in [2.75, 3.05) is 6.61 Å². The van der Waals surface area contributed by atoms with Crippen LogP contribution in [0.1, 0.15) is 32.1 Å². The maximum atomic E-state index is 11.8. The van der Waals surface area contributed by atoms with Crippen LogP contribution in [0.3, 0.4) is 0 Å². The number of aromatic amines is 1. The molecule has 0 saturated heterocycles. The SMILES string of the molecule is CCOC(=O)[C@H]1[C@H](C)CCc2n[nH]c(=O)n21. The maximum absolute atomic E-state index is 11.8. The van der Waals surface area contributed by atoms with Crippen LogP contribution in [0, 0.1) is 5.92 Å². The second-order valence-corrected chi connectivity index (χ2v) is 4.03. The number of carbonyl (C=O) groups excluding carboxylic acids is 1. The zero-order valence-corrected chi connectivity index (χ0v) is 9.40. The highest BCUT2D eigenvalue weighted by Crippen LogP contribution is 2.28. The summed E-state index contributed by atoms with van der Waals surface area (Å²) in [5.41, 5.74) is -0.334. The van der Waals surface area contributed by atoms with Gasteiger partial charge in [0.15, 0.2) is 0 Å². The molecule has 0 unspecified atom stereocenters. The van der Waals surface area contributed by atoms with Crippen LogP contribution in [0.25, 0.3) is 0 Å². The first-order chi connectivity index (χ1) is 7.65. The van der Waals surface area contributed by atoms with Crippen molar-refractivity contribution in [3.05, 3.63) is 16.3 Å². The van der Waals surface area contributed by atoms with E-state index < -0.39 is 6.04 Å². The van der Waals surface area contributed by atoms with Gasteiger partial charge in [-0.1, -0.05) is 6.92 Å². The Morgan fingerprint density at radius 1 is 1.69 bits per heavy atom. The number of H-pyrrole nitrogens is 1. The molecule has 0 radical (unpaired) electrons. The number of aryl methyl sites for hydroxylation is 1. The summed E-state index contributed by atoms with van der Waals surface area (Å²) in [5.74, 6) is 0.391. The van der Waals surface area contributed by atoms with Crippen LogP contribution in [-0.4, -0.2) is 27.3 Å². The monoisotopic (exact) mass is 225 g/mol. The normalized spacial score (nSPS) is 23.9. The Hall–Kier alpha value is -1.59. The number of aromatic nitrogens is 3. The Kier molecular flexibility index (Phi) is 2.80. The van der Waals surface area contributed by atoms with Crippen molar-refractivity contribution in [3.63, 3.8) is 0 Å². The van der Waals surface area contributed by atoms with E-state index in [1.165, 1.54) is 4.57 Å². The quantitative estimate of drug-likeness (QED) is 0.732. The van der Waals surface area contributed by atoms with Crippen molar-refractivity contribution < 1.29 is 9.53 Å². The number of carbonyl (C=O) groups is 1. The Balaban J connectivity index is 2.40. The molecule has 88 valence electrons.